The van der Waals surface area contributed by atoms with Gasteiger partial charge >= 0.3 is 0 Å². The molecule has 0 saturated heterocycles. The Hall–Kier alpha value is -0.870. The second-order valence-corrected chi connectivity index (χ2v) is 6.88. The van der Waals surface area contributed by atoms with Crippen molar-refractivity contribution in [2.24, 2.45) is 5.92 Å². The van der Waals surface area contributed by atoms with Crippen molar-refractivity contribution in [1.82, 2.24) is 5.32 Å². The van der Waals surface area contributed by atoms with Crippen molar-refractivity contribution in [2.75, 3.05) is 6.54 Å². The lowest BCUT2D eigenvalue weighted by Crippen LogP contribution is -2.45. The van der Waals surface area contributed by atoms with Gasteiger partial charge in [0.05, 0.1) is 10.5 Å². The standard InChI is InChI=1S/C15H23NO2S/c1-3-12-4-5-13(19-12)14(17)16-10-15(18)8-6-11(2)7-9-15/h4-5,11,18H,3,6-10H2,1-2H3,(H,16,17). The number of nitrogens with one attached hydrogen (secondary N) is 1. The van der Waals surface area contributed by atoms with Crippen LogP contribution >= 0.6 is 11.3 Å². The van der Waals surface area contributed by atoms with Crippen LogP contribution in [0.3, 0.4) is 0 Å². The number of amides is 1. The number of aryl methyl sites for hydroxylation is 1. The predicted octanol–water partition coefficient (Wildman–Crippen LogP) is 2.98. The molecule has 0 radical (unpaired) electrons. The van der Waals surface area contributed by atoms with Gasteiger partial charge in [-0.1, -0.05) is 13.8 Å². The first kappa shape index (κ1) is 14.5. The molecule has 19 heavy (non-hydrogen) atoms. The first-order chi connectivity index (χ1) is 9.02. The van der Waals surface area contributed by atoms with E-state index in [0.717, 1.165) is 37.0 Å². The second kappa shape index (κ2) is 6.06. The highest BCUT2D eigenvalue weighted by Gasteiger charge is 2.32. The summed E-state index contributed by atoms with van der Waals surface area (Å²) in [5.41, 5.74) is -0.701. The smallest absolute Gasteiger partial charge is 0.261 e. The minimum atomic E-state index is -0.701. The van der Waals surface area contributed by atoms with E-state index in [1.165, 1.54) is 16.2 Å². The van der Waals surface area contributed by atoms with E-state index in [0.29, 0.717) is 12.5 Å². The van der Waals surface area contributed by atoms with Gasteiger partial charge in [-0.05, 0) is 50.2 Å². The molecule has 1 amide bonds. The zero-order valence-corrected chi connectivity index (χ0v) is 12.6. The third-order valence-electron chi connectivity index (χ3n) is 4.02. The Kier molecular flexibility index (Phi) is 4.63. The van der Waals surface area contributed by atoms with Crippen LogP contribution < -0.4 is 5.32 Å². The van der Waals surface area contributed by atoms with Crippen molar-refractivity contribution in [1.29, 1.82) is 0 Å². The van der Waals surface area contributed by atoms with Crippen LogP contribution in [0.15, 0.2) is 12.1 Å². The fourth-order valence-electron chi connectivity index (χ4n) is 2.50. The van der Waals surface area contributed by atoms with Crippen molar-refractivity contribution in [3.8, 4) is 0 Å². The maximum absolute atomic E-state index is 12.0. The van der Waals surface area contributed by atoms with Gasteiger partial charge in [-0.15, -0.1) is 11.3 Å². The molecule has 1 heterocycles. The summed E-state index contributed by atoms with van der Waals surface area (Å²) in [5, 5.41) is 13.3. The van der Waals surface area contributed by atoms with Gasteiger partial charge in [0.1, 0.15) is 0 Å². The van der Waals surface area contributed by atoms with Crippen LogP contribution in [0.4, 0.5) is 0 Å². The van der Waals surface area contributed by atoms with E-state index in [-0.39, 0.29) is 5.91 Å². The number of aliphatic hydroxyl groups is 1. The summed E-state index contributed by atoms with van der Waals surface area (Å²) in [6.45, 7) is 4.67. The van der Waals surface area contributed by atoms with Gasteiger partial charge in [0.15, 0.2) is 0 Å². The number of hydrogen-bond acceptors (Lipinski definition) is 3. The molecule has 2 N–H and O–H groups in total. The van der Waals surface area contributed by atoms with Gasteiger partial charge < -0.3 is 10.4 Å². The molecule has 0 aliphatic heterocycles. The Labute approximate surface area is 119 Å². The van der Waals surface area contributed by atoms with Crippen LogP contribution in [-0.4, -0.2) is 23.2 Å². The van der Waals surface area contributed by atoms with Gasteiger partial charge in [-0.3, -0.25) is 4.79 Å². The van der Waals surface area contributed by atoms with E-state index in [4.69, 9.17) is 0 Å². The molecule has 0 aromatic carbocycles. The minimum Gasteiger partial charge on any atom is -0.388 e. The Balaban J connectivity index is 1.86. The highest BCUT2D eigenvalue weighted by Crippen LogP contribution is 2.31. The van der Waals surface area contributed by atoms with Crippen LogP contribution in [-0.2, 0) is 6.42 Å². The third-order valence-corrected chi connectivity index (χ3v) is 5.25. The summed E-state index contributed by atoms with van der Waals surface area (Å²) in [7, 11) is 0. The number of carbonyl (C=O) groups excluding carboxylic acids is 1. The molecule has 1 aromatic rings. The maximum atomic E-state index is 12.0. The highest BCUT2D eigenvalue weighted by molar-refractivity contribution is 7.14. The van der Waals surface area contributed by atoms with Crippen molar-refractivity contribution < 1.29 is 9.90 Å². The molecule has 1 saturated carbocycles. The molecule has 1 aliphatic rings. The molecule has 3 nitrogen and oxygen atoms in total. The Morgan fingerprint density at radius 2 is 2.16 bits per heavy atom. The molecule has 0 bridgehead atoms. The summed E-state index contributed by atoms with van der Waals surface area (Å²) in [5.74, 6) is 0.636. The van der Waals surface area contributed by atoms with E-state index < -0.39 is 5.60 Å². The SMILES string of the molecule is CCc1ccc(C(=O)NCC2(O)CCC(C)CC2)s1. The molecule has 0 unspecified atom stereocenters. The largest absolute Gasteiger partial charge is 0.388 e. The first-order valence-corrected chi connectivity index (χ1v) is 7.93. The summed E-state index contributed by atoms with van der Waals surface area (Å²) in [6.07, 6.45) is 4.63. The van der Waals surface area contributed by atoms with Gasteiger partial charge in [0, 0.05) is 11.4 Å². The zero-order valence-electron chi connectivity index (χ0n) is 11.7. The van der Waals surface area contributed by atoms with Gasteiger partial charge in [-0.25, -0.2) is 0 Å². The summed E-state index contributed by atoms with van der Waals surface area (Å²) in [4.78, 5) is 14.0. The average molecular weight is 281 g/mol. The third kappa shape index (κ3) is 3.80. The molecule has 1 aromatic heterocycles. The molecule has 2 rings (SSSR count). The first-order valence-electron chi connectivity index (χ1n) is 7.12. The van der Waals surface area contributed by atoms with E-state index in [1.807, 2.05) is 12.1 Å². The monoisotopic (exact) mass is 281 g/mol. The van der Waals surface area contributed by atoms with E-state index in [1.54, 1.807) is 0 Å². The average Bonchev–Trinajstić information content (AvgIpc) is 2.89. The van der Waals surface area contributed by atoms with Crippen molar-refractivity contribution >= 4 is 17.2 Å². The minimum absolute atomic E-state index is 0.0586. The van der Waals surface area contributed by atoms with Crippen LogP contribution in [0.25, 0.3) is 0 Å². The van der Waals surface area contributed by atoms with Gasteiger partial charge in [0.25, 0.3) is 5.91 Å². The number of thiophene rings is 1. The molecular weight excluding hydrogens is 258 g/mol. The second-order valence-electron chi connectivity index (χ2n) is 5.71. The van der Waals surface area contributed by atoms with E-state index in [9.17, 15) is 9.90 Å². The molecule has 1 aliphatic carbocycles. The topological polar surface area (TPSA) is 49.3 Å². The van der Waals surface area contributed by atoms with Gasteiger partial charge in [-0.2, -0.15) is 0 Å². The molecular formula is C15H23NO2S. The lowest BCUT2D eigenvalue weighted by atomic mass is 9.79. The Bertz CT molecular complexity index is 433. The van der Waals surface area contributed by atoms with E-state index in [2.05, 4.69) is 19.2 Å². The molecule has 4 heteroatoms. The summed E-state index contributed by atoms with van der Waals surface area (Å²) >= 11 is 1.53. The van der Waals surface area contributed by atoms with Crippen molar-refractivity contribution in [3.63, 3.8) is 0 Å². The molecule has 1 fully saturated rings. The van der Waals surface area contributed by atoms with Crippen molar-refractivity contribution in [3.05, 3.63) is 21.9 Å². The van der Waals surface area contributed by atoms with Crippen LogP contribution in [0.5, 0.6) is 0 Å². The van der Waals surface area contributed by atoms with Crippen molar-refractivity contribution in [2.45, 2.75) is 51.6 Å². The highest BCUT2D eigenvalue weighted by atomic mass is 32.1. The van der Waals surface area contributed by atoms with Crippen LogP contribution in [0, 0.1) is 5.92 Å². The summed E-state index contributed by atoms with van der Waals surface area (Å²) in [6, 6.07) is 3.86. The zero-order chi connectivity index (χ0) is 13.9. The number of carbonyl (C=O) groups is 1. The molecule has 0 atom stereocenters. The lowest BCUT2D eigenvalue weighted by molar-refractivity contribution is -0.00536. The number of rotatable bonds is 4. The quantitative estimate of drug-likeness (QED) is 0.891. The van der Waals surface area contributed by atoms with Gasteiger partial charge in [0.2, 0.25) is 0 Å². The van der Waals surface area contributed by atoms with Crippen LogP contribution in [0.2, 0.25) is 0 Å². The fourth-order valence-corrected chi connectivity index (χ4v) is 3.36. The molecule has 0 spiro atoms. The summed E-state index contributed by atoms with van der Waals surface area (Å²) < 4.78 is 0. The lowest BCUT2D eigenvalue weighted by Gasteiger charge is -2.34. The fraction of sp³-hybridized carbons (Fsp3) is 0.667. The maximum Gasteiger partial charge on any atom is 0.261 e. The number of hydrogen-bond donors (Lipinski definition) is 2. The Morgan fingerprint density at radius 1 is 1.47 bits per heavy atom. The molecule has 106 valence electrons. The van der Waals surface area contributed by atoms with Crippen LogP contribution in [0.1, 0.15) is 54.1 Å². The normalized spacial score (nSPS) is 27.2. The van der Waals surface area contributed by atoms with E-state index >= 15 is 0 Å². The predicted molar refractivity (Wildman–Crippen MR) is 78.6 cm³/mol. The Morgan fingerprint density at radius 3 is 2.74 bits per heavy atom.